The third-order valence-electron chi connectivity index (χ3n) is 3.98. The normalized spacial score (nSPS) is 11.4. The van der Waals surface area contributed by atoms with Crippen molar-refractivity contribution in [2.75, 3.05) is 11.1 Å². The summed E-state index contributed by atoms with van der Waals surface area (Å²) in [6, 6.07) is 13.5. The molecule has 0 saturated heterocycles. The maximum absolute atomic E-state index is 12.7. The van der Waals surface area contributed by atoms with Gasteiger partial charge < -0.3 is 0 Å². The van der Waals surface area contributed by atoms with Crippen molar-refractivity contribution in [2.24, 2.45) is 0 Å². The molecule has 0 unspecified atom stereocenters. The number of anilines is 1. The van der Waals surface area contributed by atoms with Gasteiger partial charge in [-0.15, -0.1) is 11.3 Å². The number of carbonyl (C=O) groups is 1. The first-order chi connectivity index (χ1) is 12.8. The molecule has 0 atom stereocenters. The summed E-state index contributed by atoms with van der Waals surface area (Å²) in [5.74, 6) is -0.576. The molecule has 140 valence electrons. The van der Waals surface area contributed by atoms with Gasteiger partial charge in [0.15, 0.2) is 15.0 Å². The molecule has 8 heteroatoms. The van der Waals surface area contributed by atoms with Crippen LogP contribution in [0.4, 0.5) is 5.13 Å². The number of carbonyl (C=O) groups excluding carboxylic acids is 1. The molecular formula is C19H17ClN2O3S2. The van der Waals surface area contributed by atoms with Crippen molar-refractivity contribution in [1.82, 2.24) is 4.98 Å². The Morgan fingerprint density at radius 2 is 1.81 bits per heavy atom. The second-order valence-corrected chi connectivity index (χ2v) is 9.67. The van der Waals surface area contributed by atoms with Gasteiger partial charge in [0, 0.05) is 15.5 Å². The summed E-state index contributed by atoms with van der Waals surface area (Å²) in [4.78, 5) is 18.1. The van der Waals surface area contributed by atoms with E-state index in [2.05, 4.69) is 10.3 Å². The number of nitrogens with one attached hydrogen (secondary N) is 1. The number of nitrogens with zero attached hydrogens (tertiary/aromatic N) is 1. The Hall–Kier alpha value is -2.22. The minimum Gasteiger partial charge on any atom is -0.298 e. The highest BCUT2D eigenvalue weighted by atomic mass is 35.5. The van der Waals surface area contributed by atoms with Gasteiger partial charge in [-0.2, -0.15) is 0 Å². The summed E-state index contributed by atoms with van der Waals surface area (Å²) in [6.45, 7) is 3.46. The molecule has 0 aliphatic rings. The molecule has 0 aliphatic heterocycles. The molecule has 0 fully saturated rings. The zero-order chi connectivity index (χ0) is 19.6. The summed E-state index contributed by atoms with van der Waals surface area (Å²) in [5.41, 5.74) is 1.75. The molecule has 0 spiro atoms. The van der Waals surface area contributed by atoms with E-state index in [-0.39, 0.29) is 16.2 Å². The smallest absolute Gasteiger partial charge is 0.258 e. The van der Waals surface area contributed by atoms with Crippen molar-refractivity contribution >= 4 is 43.8 Å². The third-order valence-corrected chi connectivity index (χ3v) is 6.91. The molecule has 0 saturated carbocycles. The van der Waals surface area contributed by atoms with Crippen molar-refractivity contribution in [3.63, 3.8) is 0 Å². The van der Waals surface area contributed by atoms with Crippen molar-refractivity contribution in [2.45, 2.75) is 18.7 Å². The topological polar surface area (TPSA) is 76.1 Å². The summed E-state index contributed by atoms with van der Waals surface area (Å²) >= 11 is 7.25. The van der Waals surface area contributed by atoms with Crippen molar-refractivity contribution in [3.8, 4) is 11.3 Å². The van der Waals surface area contributed by atoms with E-state index in [4.69, 9.17) is 11.6 Å². The molecule has 0 radical (unpaired) electrons. The van der Waals surface area contributed by atoms with Crippen LogP contribution >= 0.6 is 22.9 Å². The monoisotopic (exact) mass is 420 g/mol. The van der Waals surface area contributed by atoms with Gasteiger partial charge in [0.1, 0.15) is 0 Å². The molecule has 5 nitrogen and oxygen atoms in total. The van der Waals surface area contributed by atoms with Gasteiger partial charge in [-0.1, -0.05) is 42.8 Å². The van der Waals surface area contributed by atoms with Crippen LogP contribution in [0.1, 0.15) is 22.2 Å². The van der Waals surface area contributed by atoms with Gasteiger partial charge in [-0.25, -0.2) is 13.4 Å². The SMILES string of the molecule is CCS(=O)(=O)c1ccccc1C(=O)Nc1nc(-c2ccc(Cl)cc2)c(C)s1. The minimum atomic E-state index is -3.51. The van der Waals surface area contributed by atoms with Gasteiger partial charge in [0.2, 0.25) is 0 Å². The molecular weight excluding hydrogens is 404 g/mol. The standard InChI is InChI=1S/C19H17ClN2O3S2/c1-3-27(24,25)16-7-5-4-6-15(16)18(23)22-19-21-17(12(2)26-19)13-8-10-14(20)11-9-13/h4-11H,3H2,1-2H3,(H,21,22,23). The van der Waals surface area contributed by atoms with Crippen molar-refractivity contribution in [1.29, 1.82) is 0 Å². The summed E-state index contributed by atoms with van der Waals surface area (Å²) in [7, 11) is -3.51. The molecule has 0 bridgehead atoms. The Morgan fingerprint density at radius 3 is 2.48 bits per heavy atom. The lowest BCUT2D eigenvalue weighted by Gasteiger charge is -2.08. The molecule has 27 heavy (non-hydrogen) atoms. The van der Waals surface area contributed by atoms with Crippen LogP contribution in [-0.2, 0) is 9.84 Å². The van der Waals surface area contributed by atoms with Crippen LogP contribution in [0.5, 0.6) is 0 Å². The first-order valence-electron chi connectivity index (χ1n) is 8.18. The molecule has 3 rings (SSSR count). The van der Waals surface area contributed by atoms with Gasteiger partial charge in [-0.3, -0.25) is 10.1 Å². The van der Waals surface area contributed by atoms with Crippen LogP contribution < -0.4 is 5.32 Å². The quantitative estimate of drug-likeness (QED) is 0.642. The Balaban J connectivity index is 1.90. The first-order valence-corrected chi connectivity index (χ1v) is 11.0. The fraction of sp³-hybridized carbons (Fsp3) is 0.158. The molecule has 1 N–H and O–H groups in total. The van der Waals surface area contributed by atoms with Crippen molar-refractivity contribution < 1.29 is 13.2 Å². The third kappa shape index (κ3) is 4.21. The number of thiazole rings is 1. The van der Waals surface area contributed by atoms with Crippen LogP contribution in [0.25, 0.3) is 11.3 Å². The van der Waals surface area contributed by atoms with Crippen LogP contribution in [0.15, 0.2) is 53.4 Å². The van der Waals surface area contributed by atoms with Crippen LogP contribution in [0.3, 0.4) is 0 Å². The molecule has 2 aromatic carbocycles. The Morgan fingerprint density at radius 1 is 1.15 bits per heavy atom. The highest BCUT2D eigenvalue weighted by molar-refractivity contribution is 7.91. The number of rotatable bonds is 5. The van der Waals surface area contributed by atoms with Gasteiger partial charge >= 0.3 is 0 Å². The van der Waals surface area contributed by atoms with Crippen LogP contribution in [-0.4, -0.2) is 25.1 Å². The van der Waals surface area contributed by atoms with Crippen LogP contribution in [0.2, 0.25) is 5.02 Å². The number of hydrogen-bond acceptors (Lipinski definition) is 5. The maximum atomic E-state index is 12.7. The van der Waals surface area contributed by atoms with E-state index in [0.717, 1.165) is 16.1 Å². The first kappa shape index (κ1) is 19.5. The predicted molar refractivity (Wildman–Crippen MR) is 109 cm³/mol. The zero-order valence-corrected chi connectivity index (χ0v) is 17.1. The lowest BCUT2D eigenvalue weighted by atomic mass is 10.1. The van der Waals surface area contributed by atoms with Crippen molar-refractivity contribution in [3.05, 3.63) is 64.0 Å². The van der Waals surface area contributed by atoms with Crippen LogP contribution in [0, 0.1) is 6.92 Å². The van der Waals surface area contributed by atoms with Gasteiger partial charge in [0.05, 0.1) is 21.9 Å². The van der Waals surface area contributed by atoms with E-state index >= 15 is 0 Å². The number of amides is 1. The van der Waals surface area contributed by atoms with E-state index in [1.54, 1.807) is 31.2 Å². The number of aromatic nitrogens is 1. The fourth-order valence-corrected chi connectivity index (χ4v) is 4.62. The van der Waals surface area contributed by atoms with E-state index in [1.165, 1.54) is 23.5 Å². The van der Waals surface area contributed by atoms with E-state index < -0.39 is 15.7 Å². The number of benzene rings is 2. The highest BCUT2D eigenvalue weighted by Gasteiger charge is 2.21. The Kier molecular flexibility index (Phi) is 5.64. The molecule has 1 heterocycles. The summed E-state index contributed by atoms with van der Waals surface area (Å²) in [6.07, 6.45) is 0. The second-order valence-electron chi connectivity index (χ2n) is 5.78. The maximum Gasteiger partial charge on any atom is 0.258 e. The number of hydrogen-bond donors (Lipinski definition) is 1. The lowest BCUT2D eigenvalue weighted by Crippen LogP contribution is -2.17. The molecule has 1 aromatic heterocycles. The average molecular weight is 421 g/mol. The predicted octanol–water partition coefficient (Wildman–Crippen LogP) is 4.82. The number of sulfone groups is 1. The van der Waals surface area contributed by atoms with Gasteiger partial charge in [-0.05, 0) is 31.2 Å². The summed E-state index contributed by atoms with van der Waals surface area (Å²) < 4.78 is 24.5. The Bertz CT molecular complexity index is 1090. The molecule has 3 aromatic rings. The number of halogens is 1. The zero-order valence-electron chi connectivity index (χ0n) is 14.7. The van der Waals surface area contributed by atoms with E-state index in [0.29, 0.717) is 10.2 Å². The molecule has 0 aliphatic carbocycles. The van der Waals surface area contributed by atoms with Gasteiger partial charge in [0.25, 0.3) is 5.91 Å². The lowest BCUT2D eigenvalue weighted by molar-refractivity contribution is 0.102. The van der Waals surface area contributed by atoms with E-state index in [9.17, 15) is 13.2 Å². The second kappa shape index (κ2) is 7.80. The summed E-state index contributed by atoms with van der Waals surface area (Å²) in [5, 5.41) is 3.76. The van der Waals surface area contributed by atoms with E-state index in [1.807, 2.05) is 19.1 Å². The number of aryl methyl sites for hydroxylation is 1. The molecule has 1 amide bonds. The largest absolute Gasteiger partial charge is 0.298 e. The Labute approximate surface area is 167 Å². The fourth-order valence-electron chi connectivity index (χ4n) is 2.57. The minimum absolute atomic E-state index is 0.0243. The highest BCUT2D eigenvalue weighted by Crippen LogP contribution is 2.31. The average Bonchev–Trinajstić information content (AvgIpc) is 3.02.